The summed E-state index contributed by atoms with van der Waals surface area (Å²) in [6.45, 7) is 3.27. The number of hydrogen-bond acceptors (Lipinski definition) is 1. The Kier molecular flexibility index (Phi) is 5.77. The third kappa shape index (κ3) is 3.24. The highest BCUT2D eigenvalue weighted by Crippen LogP contribution is 2.12. The van der Waals surface area contributed by atoms with Crippen molar-refractivity contribution in [2.24, 2.45) is 0 Å². The second-order valence-electron chi connectivity index (χ2n) is 2.87. The minimum atomic E-state index is 0. The first kappa shape index (κ1) is 11.5. The Labute approximate surface area is 80.6 Å². The van der Waals surface area contributed by atoms with Gasteiger partial charge in [-0.3, -0.25) is 0 Å². The predicted octanol–water partition coefficient (Wildman–Crippen LogP) is 2.43. The normalized spacial score (nSPS) is 11.8. The summed E-state index contributed by atoms with van der Waals surface area (Å²) in [5.41, 5.74) is 1.40. The lowest BCUT2D eigenvalue weighted by Gasteiger charge is -2.09. The number of benzene rings is 1. The van der Waals surface area contributed by atoms with E-state index in [4.69, 9.17) is 0 Å². The summed E-state index contributed by atoms with van der Waals surface area (Å²) in [6.07, 6.45) is 0. The molecule has 1 aromatic rings. The Hall–Kier alpha value is -0.530. The number of likely N-dealkylation sites (N-methyl/N-ethyl adjacent to an activating group) is 1. The summed E-state index contributed by atoms with van der Waals surface area (Å²) < 4.78 is 0. The molecule has 0 bridgehead atoms. The van der Waals surface area contributed by atoms with Crippen molar-refractivity contribution in [3.05, 3.63) is 35.9 Å². The first-order valence-corrected chi connectivity index (χ1v) is 4.04. The Bertz CT molecular complexity index is 198. The number of rotatable bonds is 3. The van der Waals surface area contributed by atoms with Gasteiger partial charge in [-0.1, -0.05) is 37.3 Å². The zero-order chi connectivity index (χ0) is 8.10. The van der Waals surface area contributed by atoms with Gasteiger partial charge >= 0.3 is 0 Å². The van der Waals surface area contributed by atoms with Crippen molar-refractivity contribution in [1.82, 2.24) is 5.32 Å². The quantitative estimate of drug-likeness (QED) is 0.763. The molecule has 1 N–H and O–H groups in total. The van der Waals surface area contributed by atoms with E-state index < -0.39 is 0 Å². The van der Waals surface area contributed by atoms with Gasteiger partial charge in [0.15, 0.2) is 0 Å². The molecule has 0 radical (unpaired) electrons. The Morgan fingerprint density at radius 1 is 1.25 bits per heavy atom. The van der Waals surface area contributed by atoms with Crippen LogP contribution in [0.5, 0.6) is 0 Å². The molecule has 0 aliphatic heterocycles. The van der Waals surface area contributed by atoms with Crippen molar-refractivity contribution in [3.8, 4) is 0 Å². The molecule has 0 saturated heterocycles. The fourth-order valence-corrected chi connectivity index (χ4v) is 1.21. The van der Waals surface area contributed by atoms with Crippen molar-refractivity contribution < 1.29 is 0 Å². The van der Waals surface area contributed by atoms with Crippen LogP contribution >= 0.6 is 12.4 Å². The molecule has 0 saturated carbocycles. The average Bonchev–Trinajstić information content (AvgIpc) is 2.07. The molecule has 1 atom stereocenters. The van der Waals surface area contributed by atoms with Gasteiger partial charge in [-0.2, -0.15) is 0 Å². The van der Waals surface area contributed by atoms with Crippen molar-refractivity contribution in [2.45, 2.75) is 12.8 Å². The van der Waals surface area contributed by atoms with Crippen LogP contribution in [0.25, 0.3) is 0 Å². The van der Waals surface area contributed by atoms with Crippen LogP contribution in [0.15, 0.2) is 30.3 Å². The molecule has 2 heteroatoms. The monoisotopic (exact) mass is 185 g/mol. The van der Waals surface area contributed by atoms with E-state index in [1.807, 2.05) is 7.05 Å². The molecule has 0 aliphatic carbocycles. The molecule has 0 aliphatic rings. The van der Waals surface area contributed by atoms with Crippen LogP contribution in [0.4, 0.5) is 0 Å². The SMILES string of the molecule is CNC[C@@H](C)c1ccccc1.Cl. The van der Waals surface area contributed by atoms with E-state index >= 15 is 0 Å². The molecule has 0 spiro atoms. The second kappa shape index (κ2) is 6.04. The molecule has 0 heterocycles. The lowest BCUT2D eigenvalue weighted by Crippen LogP contribution is -2.14. The zero-order valence-electron chi connectivity index (χ0n) is 7.58. The van der Waals surface area contributed by atoms with Gasteiger partial charge in [0.1, 0.15) is 0 Å². The fourth-order valence-electron chi connectivity index (χ4n) is 1.21. The highest BCUT2D eigenvalue weighted by molar-refractivity contribution is 5.85. The molecule has 1 nitrogen and oxygen atoms in total. The first-order valence-electron chi connectivity index (χ1n) is 4.04. The third-order valence-corrected chi connectivity index (χ3v) is 1.88. The van der Waals surface area contributed by atoms with Gasteiger partial charge in [0.25, 0.3) is 0 Å². The van der Waals surface area contributed by atoms with E-state index in [2.05, 4.69) is 42.6 Å². The Morgan fingerprint density at radius 3 is 2.33 bits per heavy atom. The molecule has 0 aromatic heterocycles. The number of hydrogen-bond donors (Lipinski definition) is 1. The molecule has 0 amide bonds. The largest absolute Gasteiger partial charge is 0.319 e. The fraction of sp³-hybridized carbons (Fsp3) is 0.400. The van der Waals surface area contributed by atoms with Gasteiger partial charge in [-0.25, -0.2) is 0 Å². The van der Waals surface area contributed by atoms with Gasteiger partial charge < -0.3 is 5.32 Å². The van der Waals surface area contributed by atoms with E-state index in [9.17, 15) is 0 Å². The molecular weight excluding hydrogens is 170 g/mol. The summed E-state index contributed by atoms with van der Waals surface area (Å²) in [5, 5.41) is 3.17. The van der Waals surface area contributed by atoms with Crippen LogP contribution in [-0.2, 0) is 0 Å². The predicted molar refractivity (Wildman–Crippen MR) is 56.0 cm³/mol. The van der Waals surface area contributed by atoms with Crippen LogP contribution in [0, 0.1) is 0 Å². The minimum absolute atomic E-state index is 0. The minimum Gasteiger partial charge on any atom is -0.319 e. The van der Waals surface area contributed by atoms with Crippen LogP contribution in [0.2, 0.25) is 0 Å². The number of nitrogens with one attached hydrogen (secondary N) is 1. The maximum atomic E-state index is 3.17. The van der Waals surface area contributed by atoms with Gasteiger partial charge in [0.05, 0.1) is 0 Å². The molecule has 1 aromatic carbocycles. The van der Waals surface area contributed by atoms with Crippen LogP contribution in [0.1, 0.15) is 18.4 Å². The van der Waals surface area contributed by atoms with Gasteiger partial charge in [0, 0.05) is 6.54 Å². The van der Waals surface area contributed by atoms with Crippen molar-refractivity contribution in [1.29, 1.82) is 0 Å². The highest BCUT2D eigenvalue weighted by Gasteiger charge is 2.01. The van der Waals surface area contributed by atoms with Crippen LogP contribution < -0.4 is 5.32 Å². The molecule has 1 rings (SSSR count). The van der Waals surface area contributed by atoms with Gasteiger partial charge in [-0.15, -0.1) is 12.4 Å². The van der Waals surface area contributed by atoms with E-state index in [0.29, 0.717) is 5.92 Å². The average molecular weight is 186 g/mol. The lowest BCUT2D eigenvalue weighted by atomic mass is 10.0. The molecule has 0 unspecified atom stereocenters. The van der Waals surface area contributed by atoms with E-state index in [-0.39, 0.29) is 12.4 Å². The molecular formula is C10H16ClN. The van der Waals surface area contributed by atoms with Crippen molar-refractivity contribution in [2.75, 3.05) is 13.6 Å². The summed E-state index contributed by atoms with van der Waals surface area (Å²) in [6, 6.07) is 10.6. The van der Waals surface area contributed by atoms with E-state index in [1.54, 1.807) is 0 Å². The summed E-state index contributed by atoms with van der Waals surface area (Å²) >= 11 is 0. The highest BCUT2D eigenvalue weighted by atomic mass is 35.5. The lowest BCUT2D eigenvalue weighted by molar-refractivity contribution is 0.678. The zero-order valence-corrected chi connectivity index (χ0v) is 8.40. The van der Waals surface area contributed by atoms with Crippen LogP contribution in [-0.4, -0.2) is 13.6 Å². The molecule has 68 valence electrons. The summed E-state index contributed by atoms with van der Waals surface area (Å²) in [4.78, 5) is 0. The third-order valence-electron chi connectivity index (χ3n) is 1.88. The van der Waals surface area contributed by atoms with Crippen molar-refractivity contribution >= 4 is 12.4 Å². The van der Waals surface area contributed by atoms with Gasteiger partial charge in [-0.05, 0) is 18.5 Å². The van der Waals surface area contributed by atoms with Crippen molar-refractivity contribution in [3.63, 3.8) is 0 Å². The maximum Gasteiger partial charge on any atom is 0.00144 e. The smallest absolute Gasteiger partial charge is 0.00144 e. The standard InChI is InChI=1S/C10H15N.ClH/c1-9(8-11-2)10-6-4-3-5-7-10;/h3-7,9,11H,8H2,1-2H3;1H/t9-;/m1./s1. The van der Waals surface area contributed by atoms with Gasteiger partial charge in [0.2, 0.25) is 0 Å². The number of halogens is 1. The molecule has 0 fully saturated rings. The second-order valence-corrected chi connectivity index (χ2v) is 2.87. The maximum absolute atomic E-state index is 3.17. The molecule has 12 heavy (non-hydrogen) atoms. The first-order chi connectivity index (χ1) is 5.34. The van der Waals surface area contributed by atoms with Crippen LogP contribution in [0.3, 0.4) is 0 Å². The Morgan fingerprint density at radius 2 is 1.83 bits per heavy atom. The van der Waals surface area contributed by atoms with E-state index in [0.717, 1.165) is 6.54 Å². The topological polar surface area (TPSA) is 12.0 Å². The Balaban J connectivity index is 0.00000121. The summed E-state index contributed by atoms with van der Waals surface area (Å²) in [5.74, 6) is 0.612. The van der Waals surface area contributed by atoms with E-state index in [1.165, 1.54) is 5.56 Å². The summed E-state index contributed by atoms with van der Waals surface area (Å²) in [7, 11) is 1.99.